The van der Waals surface area contributed by atoms with Crippen LogP contribution >= 0.6 is 24.0 Å². The fourth-order valence-corrected chi connectivity index (χ4v) is 3.46. The molecule has 2 heterocycles. The van der Waals surface area contributed by atoms with Crippen molar-refractivity contribution in [2.75, 3.05) is 52.4 Å². The van der Waals surface area contributed by atoms with Gasteiger partial charge in [0.05, 0.1) is 6.10 Å². The van der Waals surface area contributed by atoms with Gasteiger partial charge in [-0.25, -0.2) is 0 Å². The molecule has 2 fully saturated rings. The second-order valence-electron chi connectivity index (χ2n) is 6.38. The molecule has 1 atom stereocenters. The van der Waals surface area contributed by atoms with Gasteiger partial charge >= 0.3 is 0 Å². The summed E-state index contributed by atoms with van der Waals surface area (Å²) in [4.78, 5) is 9.86. The fourth-order valence-electron chi connectivity index (χ4n) is 3.46. The van der Waals surface area contributed by atoms with Gasteiger partial charge in [-0.1, -0.05) is 6.92 Å². The summed E-state index contributed by atoms with van der Waals surface area (Å²) in [5, 5.41) is 3.47. The Hall–Kier alpha value is -0.0800. The molecule has 0 spiro atoms. The number of aliphatic imine (C=N–C) groups is 1. The molecule has 0 aromatic heterocycles. The summed E-state index contributed by atoms with van der Waals surface area (Å²) in [6.45, 7) is 15.0. The average molecular weight is 438 g/mol. The van der Waals surface area contributed by atoms with Crippen molar-refractivity contribution in [1.29, 1.82) is 0 Å². The van der Waals surface area contributed by atoms with E-state index in [0.29, 0.717) is 6.10 Å². The zero-order valence-electron chi connectivity index (χ0n) is 15.1. The number of hydrogen-bond donors (Lipinski definition) is 1. The largest absolute Gasteiger partial charge is 0.378 e. The standard InChI is InChI=1S/C17H34N4O.HI/c1-4-18-17(19-13-15-7-10-20(5-2)14-15)21-11-8-16(9-12-21)22-6-3;/h15-16H,4-14H2,1-3H3,(H,18,19);1H. The second-order valence-corrected chi connectivity index (χ2v) is 6.38. The topological polar surface area (TPSA) is 40.1 Å². The molecule has 2 aliphatic heterocycles. The van der Waals surface area contributed by atoms with Crippen LogP contribution in [0.4, 0.5) is 0 Å². The number of likely N-dealkylation sites (tertiary alicyclic amines) is 2. The predicted molar refractivity (Wildman–Crippen MR) is 108 cm³/mol. The Morgan fingerprint density at radius 2 is 1.87 bits per heavy atom. The van der Waals surface area contributed by atoms with Crippen molar-refractivity contribution in [3.63, 3.8) is 0 Å². The van der Waals surface area contributed by atoms with Crippen molar-refractivity contribution in [1.82, 2.24) is 15.1 Å². The van der Waals surface area contributed by atoms with Crippen molar-refractivity contribution in [2.45, 2.75) is 46.1 Å². The maximum atomic E-state index is 5.74. The van der Waals surface area contributed by atoms with Gasteiger partial charge in [0.15, 0.2) is 5.96 Å². The quantitative estimate of drug-likeness (QED) is 0.393. The Morgan fingerprint density at radius 3 is 2.43 bits per heavy atom. The van der Waals surface area contributed by atoms with Gasteiger partial charge in [-0.2, -0.15) is 0 Å². The lowest BCUT2D eigenvalue weighted by Gasteiger charge is -2.34. The molecule has 2 aliphatic rings. The van der Waals surface area contributed by atoms with Crippen molar-refractivity contribution in [3.8, 4) is 0 Å². The summed E-state index contributed by atoms with van der Waals surface area (Å²) in [5.74, 6) is 1.84. The number of nitrogens with zero attached hydrogens (tertiary/aromatic N) is 3. The lowest BCUT2D eigenvalue weighted by molar-refractivity contribution is 0.0263. The summed E-state index contributed by atoms with van der Waals surface area (Å²) in [6, 6.07) is 0. The molecule has 23 heavy (non-hydrogen) atoms. The summed E-state index contributed by atoms with van der Waals surface area (Å²) in [5.41, 5.74) is 0. The molecule has 1 N–H and O–H groups in total. The van der Waals surface area contributed by atoms with Crippen LogP contribution in [0.2, 0.25) is 0 Å². The molecule has 0 aromatic rings. The van der Waals surface area contributed by atoms with Crippen molar-refractivity contribution in [2.24, 2.45) is 10.9 Å². The average Bonchev–Trinajstić information content (AvgIpc) is 3.01. The summed E-state index contributed by atoms with van der Waals surface area (Å²) < 4.78 is 5.74. The van der Waals surface area contributed by atoms with Gasteiger partial charge in [0, 0.05) is 39.3 Å². The highest BCUT2D eigenvalue weighted by Crippen LogP contribution is 2.17. The van der Waals surface area contributed by atoms with Crippen molar-refractivity contribution < 1.29 is 4.74 Å². The number of guanidine groups is 1. The van der Waals surface area contributed by atoms with E-state index in [1.807, 2.05) is 0 Å². The Kier molecular flexibility index (Phi) is 10.5. The van der Waals surface area contributed by atoms with Gasteiger partial charge in [-0.05, 0) is 52.1 Å². The van der Waals surface area contributed by atoms with Crippen LogP contribution in [0.3, 0.4) is 0 Å². The maximum Gasteiger partial charge on any atom is 0.193 e. The first-order chi connectivity index (χ1) is 10.8. The summed E-state index contributed by atoms with van der Waals surface area (Å²) in [6.07, 6.45) is 3.97. The van der Waals surface area contributed by atoms with Gasteiger partial charge in [-0.3, -0.25) is 4.99 Å². The van der Waals surface area contributed by atoms with Crippen molar-refractivity contribution >= 4 is 29.9 Å². The van der Waals surface area contributed by atoms with Gasteiger partial charge in [0.2, 0.25) is 0 Å². The Balaban J connectivity index is 0.00000264. The van der Waals surface area contributed by atoms with Crippen LogP contribution in [0.15, 0.2) is 4.99 Å². The van der Waals surface area contributed by atoms with E-state index in [-0.39, 0.29) is 24.0 Å². The number of piperidine rings is 1. The number of rotatable bonds is 6. The number of ether oxygens (including phenoxy) is 1. The first kappa shape index (κ1) is 21.0. The minimum absolute atomic E-state index is 0. The highest BCUT2D eigenvalue weighted by Gasteiger charge is 2.23. The maximum absolute atomic E-state index is 5.74. The lowest BCUT2D eigenvalue weighted by atomic mass is 10.1. The van der Waals surface area contributed by atoms with E-state index in [9.17, 15) is 0 Å². The predicted octanol–water partition coefficient (Wildman–Crippen LogP) is 2.41. The second kappa shape index (κ2) is 11.5. The van der Waals surface area contributed by atoms with Crippen LogP contribution in [0.25, 0.3) is 0 Å². The molecule has 2 saturated heterocycles. The number of halogens is 1. The zero-order chi connectivity index (χ0) is 15.8. The zero-order valence-corrected chi connectivity index (χ0v) is 17.4. The first-order valence-corrected chi connectivity index (χ1v) is 9.14. The van der Waals surface area contributed by atoms with Crippen LogP contribution in [0.1, 0.15) is 40.0 Å². The van der Waals surface area contributed by atoms with Gasteiger partial charge in [0.25, 0.3) is 0 Å². The van der Waals surface area contributed by atoms with E-state index in [0.717, 1.165) is 57.5 Å². The number of hydrogen-bond acceptors (Lipinski definition) is 3. The summed E-state index contributed by atoms with van der Waals surface area (Å²) >= 11 is 0. The van der Waals surface area contributed by atoms with Gasteiger partial charge in [0.1, 0.15) is 0 Å². The molecule has 5 nitrogen and oxygen atoms in total. The van der Waals surface area contributed by atoms with Gasteiger partial charge < -0.3 is 19.9 Å². The molecule has 0 radical (unpaired) electrons. The third-order valence-corrected chi connectivity index (χ3v) is 4.80. The third kappa shape index (κ3) is 6.74. The van der Waals surface area contributed by atoms with E-state index in [4.69, 9.17) is 9.73 Å². The SMILES string of the molecule is CCNC(=NCC1CCN(CC)C1)N1CCC(OCC)CC1.I. The normalized spacial score (nSPS) is 23.9. The minimum atomic E-state index is 0. The van der Waals surface area contributed by atoms with E-state index in [1.165, 1.54) is 26.1 Å². The molecular weight excluding hydrogens is 403 g/mol. The highest BCUT2D eigenvalue weighted by atomic mass is 127. The number of nitrogens with one attached hydrogen (secondary N) is 1. The Bertz CT molecular complexity index is 345. The van der Waals surface area contributed by atoms with E-state index in [2.05, 4.69) is 35.9 Å². The van der Waals surface area contributed by atoms with Crippen LogP contribution in [-0.2, 0) is 4.74 Å². The molecule has 136 valence electrons. The monoisotopic (exact) mass is 438 g/mol. The molecule has 1 unspecified atom stereocenters. The van der Waals surface area contributed by atoms with Crippen LogP contribution < -0.4 is 5.32 Å². The molecular formula is C17H35IN4O. The lowest BCUT2D eigenvalue weighted by Crippen LogP contribution is -2.47. The molecule has 0 aliphatic carbocycles. The highest BCUT2D eigenvalue weighted by molar-refractivity contribution is 14.0. The van der Waals surface area contributed by atoms with Crippen LogP contribution in [0.5, 0.6) is 0 Å². The molecule has 0 saturated carbocycles. The van der Waals surface area contributed by atoms with Crippen LogP contribution in [-0.4, -0.2) is 74.3 Å². The molecule has 0 amide bonds. The first-order valence-electron chi connectivity index (χ1n) is 9.14. The minimum Gasteiger partial charge on any atom is -0.378 e. The van der Waals surface area contributed by atoms with Crippen LogP contribution in [0, 0.1) is 5.92 Å². The smallest absolute Gasteiger partial charge is 0.193 e. The van der Waals surface area contributed by atoms with E-state index in [1.54, 1.807) is 0 Å². The van der Waals surface area contributed by atoms with Crippen molar-refractivity contribution in [3.05, 3.63) is 0 Å². The molecule has 2 rings (SSSR count). The Labute approximate surface area is 159 Å². The summed E-state index contributed by atoms with van der Waals surface area (Å²) in [7, 11) is 0. The van der Waals surface area contributed by atoms with E-state index >= 15 is 0 Å². The molecule has 6 heteroatoms. The van der Waals surface area contributed by atoms with Gasteiger partial charge in [-0.15, -0.1) is 24.0 Å². The Morgan fingerprint density at radius 1 is 1.13 bits per heavy atom. The molecule has 0 bridgehead atoms. The fraction of sp³-hybridized carbons (Fsp3) is 0.941. The van der Waals surface area contributed by atoms with E-state index < -0.39 is 0 Å². The third-order valence-electron chi connectivity index (χ3n) is 4.80. The molecule has 0 aromatic carbocycles.